The lowest BCUT2D eigenvalue weighted by atomic mass is 10.1. The van der Waals surface area contributed by atoms with E-state index in [4.69, 9.17) is 4.74 Å². The van der Waals surface area contributed by atoms with Gasteiger partial charge in [0.05, 0.1) is 5.56 Å². The number of carbonyl (C=O) groups is 1. The first kappa shape index (κ1) is 23.0. The Bertz CT molecular complexity index is 1570. The fourth-order valence-corrected chi connectivity index (χ4v) is 3.48. The Morgan fingerprint density at radius 3 is 2.64 bits per heavy atom. The van der Waals surface area contributed by atoms with Gasteiger partial charge in [-0.15, -0.1) is 0 Å². The van der Waals surface area contributed by atoms with Gasteiger partial charge in [-0.05, 0) is 42.5 Å². The molecule has 11 heteroatoms. The van der Waals surface area contributed by atoms with Crippen LogP contribution in [0.25, 0.3) is 22.4 Å². The Morgan fingerprint density at radius 1 is 1.03 bits per heavy atom. The Labute approximate surface area is 202 Å². The molecule has 0 spiro atoms. The van der Waals surface area contributed by atoms with Crippen LogP contribution in [-0.4, -0.2) is 30.6 Å². The van der Waals surface area contributed by atoms with Crippen LogP contribution in [0.5, 0.6) is 11.6 Å². The first-order chi connectivity index (χ1) is 17.3. The highest BCUT2D eigenvalue weighted by molar-refractivity contribution is 6.04. The van der Waals surface area contributed by atoms with Crippen LogP contribution in [0.15, 0.2) is 79.3 Å². The van der Waals surface area contributed by atoms with E-state index in [0.29, 0.717) is 33.9 Å². The summed E-state index contributed by atoms with van der Waals surface area (Å²) < 4.78 is 46.6. The maximum atomic E-state index is 13.0. The lowest BCUT2D eigenvalue weighted by molar-refractivity contribution is -0.137. The van der Waals surface area contributed by atoms with Gasteiger partial charge in [-0.2, -0.15) is 23.3 Å². The van der Waals surface area contributed by atoms with Crippen LogP contribution < -0.4 is 10.1 Å². The molecule has 0 saturated heterocycles. The van der Waals surface area contributed by atoms with Gasteiger partial charge in [-0.25, -0.2) is 4.98 Å². The number of anilines is 1. The van der Waals surface area contributed by atoms with Crippen LogP contribution in [0, 0.1) is 0 Å². The predicted molar refractivity (Wildman–Crippen MR) is 125 cm³/mol. The summed E-state index contributed by atoms with van der Waals surface area (Å²) in [6.07, 6.45) is 0.433. The molecule has 180 valence electrons. The summed E-state index contributed by atoms with van der Waals surface area (Å²) in [6, 6.07) is 14.2. The molecular formula is C25H17F3N6O2. The van der Waals surface area contributed by atoms with Crippen LogP contribution in [0.2, 0.25) is 0 Å². The standard InChI is InChI=1S/C25H17F3N6O2/c1-34-14-20-22(33-34)31-21(16-6-4-10-29-13-16)32-24(20)36-19-9-3-8-18(12-19)30-23(35)15-5-2-7-17(11-15)25(26,27)28/h2-14H,1H3,(H,30,35). The Balaban J connectivity index is 1.43. The monoisotopic (exact) mass is 490 g/mol. The summed E-state index contributed by atoms with van der Waals surface area (Å²) in [6.45, 7) is 0. The van der Waals surface area contributed by atoms with E-state index in [9.17, 15) is 18.0 Å². The van der Waals surface area contributed by atoms with Crippen molar-refractivity contribution in [2.24, 2.45) is 7.05 Å². The molecular weight excluding hydrogens is 473 g/mol. The van der Waals surface area contributed by atoms with E-state index < -0.39 is 17.6 Å². The topological polar surface area (TPSA) is 94.8 Å². The first-order valence-electron chi connectivity index (χ1n) is 10.6. The third-order valence-electron chi connectivity index (χ3n) is 5.14. The summed E-state index contributed by atoms with van der Waals surface area (Å²) in [5, 5.41) is 7.52. The molecule has 3 aromatic heterocycles. The second-order valence-electron chi connectivity index (χ2n) is 7.80. The van der Waals surface area contributed by atoms with Gasteiger partial charge in [0.25, 0.3) is 5.91 Å². The number of halogens is 3. The summed E-state index contributed by atoms with van der Waals surface area (Å²) in [4.78, 5) is 25.7. The van der Waals surface area contributed by atoms with Gasteiger partial charge in [-0.3, -0.25) is 14.5 Å². The average Bonchev–Trinajstić information content (AvgIpc) is 3.25. The van der Waals surface area contributed by atoms with E-state index in [1.807, 2.05) is 6.07 Å². The Morgan fingerprint density at radius 2 is 1.86 bits per heavy atom. The van der Waals surface area contributed by atoms with Crippen LogP contribution in [0.1, 0.15) is 15.9 Å². The molecule has 36 heavy (non-hydrogen) atoms. The predicted octanol–water partition coefficient (Wildman–Crippen LogP) is 5.49. The SMILES string of the molecule is Cn1cc2c(Oc3cccc(NC(=O)c4cccc(C(F)(F)F)c4)c3)nc(-c3cccnc3)nc2n1. The minimum absolute atomic E-state index is 0.120. The van der Waals surface area contributed by atoms with Gasteiger partial charge >= 0.3 is 6.18 Å². The van der Waals surface area contributed by atoms with E-state index in [1.54, 1.807) is 60.7 Å². The van der Waals surface area contributed by atoms with Gasteiger partial charge in [0, 0.05) is 48.5 Å². The summed E-state index contributed by atoms with van der Waals surface area (Å²) in [5.41, 5.74) is 0.414. The zero-order chi connectivity index (χ0) is 25.3. The highest BCUT2D eigenvalue weighted by Gasteiger charge is 2.30. The number of hydrogen-bond donors (Lipinski definition) is 1. The molecule has 0 fully saturated rings. The van der Waals surface area contributed by atoms with Crippen molar-refractivity contribution in [3.63, 3.8) is 0 Å². The number of pyridine rings is 1. The van der Waals surface area contributed by atoms with Gasteiger partial charge in [0.1, 0.15) is 11.1 Å². The molecule has 1 N–H and O–H groups in total. The number of benzene rings is 2. The van der Waals surface area contributed by atoms with E-state index >= 15 is 0 Å². The molecule has 0 bridgehead atoms. The number of fused-ring (bicyclic) bond motifs is 1. The summed E-state index contributed by atoms with van der Waals surface area (Å²) >= 11 is 0. The van der Waals surface area contributed by atoms with Crippen molar-refractivity contribution in [1.29, 1.82) is 0 Å². The molecule has 1 amide bonds. The second kappa shape index (κ2) is 9.10. The Hall–Kier alpha value is -4.80. The Kier molecular flexibility index (Phi) is 5.80. The van der Waals surface area contributed by atoms with Gasteiger partial charge in [0.2, 0.25) is 5.88 Å². The van der Waals surface area contributed by atoms with Crippen molar-refractivity contribution in [3.05, 3.63) is 90.4 Å². The van der Waals surface area contributed by atoms with Crippen molar-refractivity contribution in [1.82, 2.24) is 24.7 Å². The van der Waals surface area contributed by atoms with Crippen LogP contribution in [0.4, 0.5) is 18.9 Å². The zero-order valence-electron chi connectivity index (χ0n) is 18.7. The molecule has 5 rings (SSSR count). The second-order valence-corrected chi connectivity index (χ2v) is 7.80. The maximum Gasteiger partial charge on any atom is 0.416 e. The number of rotatable bonds is 5. The van der Waals surface area contributed by atoms with Crippen molar-refractivity contribution in [2.75, 3.05) is 5.32 Å². The summed E-state index contributed by atoms with van der Waals surface area (Å²) in [5.74, 6) is 0.276. The maximum absolute atomic E-state index is 13.0. The van der Waals surface area contributed by atoms with Crippen LogP contribution >= 0.6 is 0 Å². The van der Waals surface area contributed by atoms with Crippen molar-refractivity contribution in [3.8, 4) is 23.0 Å². The van der Waals surface area contributed by atoms with Crippen molar-refractivity contribution in [2.45, 2.75) is 6.18 Å². The minimum Gasteiger partial charge on any atom is -0.438 e. The van der Waals surface area contributed by atoms with Crippen LogP contribution in [0.3, 0.4) is 0 Å². The number of aryl methyl sites for hydroxylation is 1. The molecule has 0 unspecified atom stereocenters. The molecule has 0 atom stereocenters. The van der Waals surface area contributed by atoms with E-state index in [1.165, 1.54) is 12.1 Å². The molecule has 5 aromatic rings. The molecule has 0 aliphatic carbocycles. The normalized spacial score (nSPS) is 11.4. The molecule has 3 heterocycles. The minimum atomic E-state index is -4.55. The van der Waals surface area contributed by atoms with Gasteiger partial charge < -0.3 is 10.1 Å². The number of carbonyl (C=O) groups excluding carboxylic acids is 1. The van der Waals surface area contributed by atoms with Crippen LogP contribution in [-0.2, 0) is 13.2 Å². The molecule has 0 saturated carbocycles. The van der Waals surface area contributed by atoms with Crippen molar-refractivity contribution >= 4 is 22.6 Å². The third-order valence-corrected chi connectivity index (χ3v) is 5.14. The fourth-order valence-electron chi connectivity index (χ4n) is 3.48. The molecule has 0 aliphatic rings. The highest BCUT2D eigenvalue weighted by Crippen LogP contribution is 2.32. The quantitative estimate of drug-likeness (QED) is 0.350. The van der Waals surface area contributed by atoms with E-state index in [2.05, 4.69) is 25.4 Å². The molecule has 2 aromatic carbocycles. The lowest BCUT2D eigenvalue weighted by Crippen LogP contribution is -2.13. The molecule has 8 nitrogen and oxygen atoms in total. The zero-order valence-corrected chi connectivity index (χ0v) is 18.7. The molecule has 0 aliphatic heterocycles. The number of amides is 1. The average molecular weight is 490 g/mol. The van der Waals surface area contributed by atoms with Gasteiger partial charge in [0.15, 0.2) is 11.5 Å². The highest BCUT2D eigenvalue weighted by atomic mass is 19.4. The smallest absolute Gasteiger partial charge is 0.416 e. The number of nitrogens with one attached hydrogen (secondary N) is 1. The van der Waals surface area contributed by atoms with Gasteiger partial charge in [-0.1, -0.05) is 12.1 Å². The fraction of sp³-hybridized carbons (Fsp3) is 0.0800. The third kappa shape index (κ3) is 4.85. The van der Waals surface area contributed by atoms with Crippen molar-refractivity contribution < 1.29 is 22.7 Å². The number of alkyl halides is 3. The number of nitrogens with zero attached hydrogens (tertiary/aromatic N) is 5. The number of ether oxygens (including phenoxy) is 1. The van der Waals surface area contributed by atoms with E-state index in [-0.39, 0.29) is 11.4 Å². The van der Waals surface area contributed by atoms with E-state index in [0.717, 1.165) is 12.1 Å². The summed E-state index contributed by atoms with van der Waals surface area (Å²) in [7, 11) is 1.75. The first-order valence-corrected chi connectivity index (χ1v) is 10.6. The molecule has 0 radical (unpaired) electrons. The number of hydrogen-bond acceptors (Lipinski definition) is 6. The largest absolute Gasteiger partial charge is 0.438 e. The number of aromatic nitrogens is 5. The lowest BCUT2D eigenvalue weighted by Gasteiger charge is -2.11.